The van der Waals surface area contributed by atoms with E-state index in [1.165, 1.54) is 0 Å². The van der Waals surface area contributed by atoms with Gasteiger partial charge in [-0.15, -0.1) is 0 Å². The van der Waals surface area contributed by atoms with Crippen molar-refractivity contribution in [3.05, 3.63) is 59.7 Å². The Morgan fingerprint density at radius 2 is 1.45 bits per heavy atom. The van der Waals surface area contributed by atoms with Crippen LogP contribution >= 0.6 is 0 Å². The predicted molar refractivity (Wildman–Crippen MR) is 84.5 cm³/mol. The minimum Gasteiger partial charge on any atom is -0.497 e. The van der Waals surface area contributed by atoms with Crippen molar-refractivity contribution in [1.29, 1.82) is 0 Å². The van der Waals surface area contributed by atoms with Crippen molar-refractivity contribution in [2.45, 2.75) is 18.9 Å². The van der Waals surface area contributed by atoms with Crippen LogP contribution in [0.25, 0.3) is 0 Å². The van der Waals surface area contributed by atoms with Gasteiger partial charge in [-0.25, -0.2) is 0 Å². The molecule has 0 saturated heterocycles. The number of benzene rings is 2. The molecule has 4 nitrogen and oxygen atoms in total. The number of ether oxygens (including phenoxy) is 2. The molecular weight excluding hydrogens is 280 g/mol. The van der Waals surface area contributed by atoms with Crippen LogP contribution in [0.2, 0.25) is 0 Å². The number of hydrogen-bond acceptors (Lipinski definition) is 4. The minimum absolute atomic E-state index is 0.00946. The summed E-state index contributed by atoms with van der Waals surface area (Å²) in [5.41, 5.74) is 1.41. The summed E-state index contributed by atoms with van der Waals surface area (Å²) in [5.74, 6) is 1.47. The van der Waals surface area contributed by atoms with E-state index in [1.54, 1.807) is 62.8 Å². The van der Waals surface area contributed by atoms with Crippen LogP contribution in [0.3, 0.4) is 0 Å². The van der Waals surface area contributed by atoms with Crippen molar-refractivity contribution in [2.75, 3.05) is 14.2 Å². The molecule has 0 aliphatic heterocycles. The first-order chi connectivity index (χ1) is 10.6. The molecule has 0 unspecified atom stereocenters. The Bertz CT molecular complexity index is 602. The molecule has 0 aliphatic rings. The molecule has 1 atom stereocenters. The largest absolute Gasteiger partial charge is 0.497 e. The van der Waals surface area contributed by atoms with Gasteiger partial charge in [0.2, 0.25) is 0 Å². The van der Waals surface area contributed by atoms with Gasteiger partial charge in [-0.2, -0.15) is 0 Å². The van der Waals surface area contributed by atoms with Crippen molar-refractivity contribution >= 4 is 5.78 Å². The standard InChI is InChI=1S/C18H20O4/c1-21-15-7-3-13(4-8-15)17(19)11-12-18(20)14-5-9-16(22-2)10-6-14/h3-10,17,19H,11-12H2,1-2H3/t17-/m0/s1. The molecule has 0 amide bonds. The van der Waals surface area contributed by atoms with Gasteiger partial charge in [0.1, 0.15) is 11.5 Å². The third-order valence-corrected chi connectivity index (χ3v) is 3.56. The second-order valence-corrected chi connectivity index (χ2v) is 4.98. The Kier molecular flexibility index (Phi) is 5.55. The number of hydrogen-bond donors (Lipinski definition) is 1. The Balaban J connectivity index is 1.91. The van der Waals surface area contributed by atoms with Crippen molar-refractivity contribution < 1.29 is 19.4 Å². The fraction of sp³-hybridized carbons (Fsp3) is 0.278. The van der Waals surface area contributed by atoms with Crippen molar-refractivity contribution in [3.8, 4) is 11.5 Å². The van der Waals surface area contributed by atoms with E-state index in [0.717, 1.165) is 17.1 Å². The minimum atomic E-state index is -0.659. The number of aliphatic hydroxyl groups excluding tert-OH is 1. The fourth-order valence-electron chi connectivity index (χ4n) is 2.18. The topological polar surface area (TPSA) is 55.8 Å². The quantitative estimate of drug-likeness (QED) is 0.796. The molecule has 22 heavy (non-hydrogen) atoms. The number of methoxy groups -OCH3 is 2. The summed E-state index contributed by atoms with van der Waals surface area (Å²) in [6.45, 7) is 0. The maximum Gasteiger partial charge on any atom is 0.162 e. The van der Waals surface area contributed by atoms with Crippen LogP contribution < -0.4 is 9.47 Å². The lowest BCUT2D eigenvalue weighted by atomic mass is 10.0. The zero-order chi connectivity index (χ0) is 15.9. The number of carbonyl (C=O) groups is 1. The predicted octanol–water partition coefficient (Wildman–Crippen LogP) is 3.40. The molecule has 2 aromatic carbocycles. The number of carbonyl (C=O) groups excluding carboxylic acids is 1. The van der Waals surface area contributed by atoms with Gasteiger partial charge in [0, 0.05) is 12.0 Å². The van der Waals surface area contributed by atoms with Crippen LogP contribution in [0.4, 0.5) is 0 Å². The second kappa shape index (κ2) is 7.61. The van der Waals surface area contributed by atoms with E-state index in [4.69, 9.17) is 9.47 Å². The van der Waals surface area contributed by atoms with Crippen molar-refractivity contribution in [3.63, 3.8) is 0 Å². The first-order valence-electron chi connectivity index (χ1n) is 7.13. The molecule has 1 N–H and O–H groups in total. The first-order valence-corrected chi connectivity index (χ1v) is 7.13. The smallest absolute Gasteiger partial charge is 0.162 e. The molecule has 0 fully saturated rings. The summed E-state index contributed by atoms with van der Waals surface area (Å²) < 4.78 is 10.1. The van der Waals surface area contributed by atoms with Gasteiger partial charge in [0.15, 0.2) is 5.78 Å². The monoisotopic (exact) mass is 300 g/mol. The summed E-state index contributed by atoms with van der Waals surface area (Å²) in [7, 11) is 3.18. The Morgan fingerprint density at radius 1 is 0.955 bits per heavy atom. The highest BCUT2D eigenvalue weighted by atomic mass is 16.5. The number of rotatable bonds is 7. The van der Waals surface area contributed by atoms with Crippen LogP contribution in [0.1, 0.15) is 34.9 Å². The SMILES string of the molecule is COc1ccc(C(=O)CC[C@H](O)c2ccc(OC)cc2)cc1. The van der Waals surface area contributed by atoms with E-state index >= 15 is 0 Å². The third-order valence-electron chi connectivity index (χ3n) is 3.56. The highest BCUT2D eigenvalue weighted by molar-refractivity contribution is 5.96. The Labute approximate surface area is 130 Å². The molecule has 0 bridgehead atoms. The fourth-order valence-corrected chi connectivity index (χ4v) is 2.18. The summed E-state index contributed by atoms with van der Waals surface area (Å²) >= 11 is 0. The van der Waals surface area contributed by atoms with Crippen LogP contribution in [-0.2, 0) is 0 Å². The van der Waals surface area contributed by atoms with Gasteiger partial charge in [-0.1, -0.05) is 12.1 Å². The molecular formula is C18H20O4. The Hall–Kier alpha value is -2.33. The van der Waals surface area contributed by atoms with Crippen LogP contribution in [0.15, 0.2) is 48.5 Å². The highest BCUT2D eigenvalue weighted by Crippen LogP contribution is 2.22. The van der Waals surface area contributed by atoms with Gasteiger partial charge in [-0.3, -0.25) is 4.79 Å². The number of Topliss-reactive ketones (excluding diaryl/α,β-unsaturated/α-hetero) is 1. The molecule has 0 spiro atoms. The Morgan fingerprint density at radius 3 is 1.95 bits per heavy atom. The molecule has 0 saturated carbocycles. The zero-order valence-electron chi connectivity index (χ0n) is 12.8. The van der Waals surface area contributed by atoms with E-state index in [1.807, 2.05) is 0 Å². The maximum atomic E-state index is 12.1. The zero-order valence-corrected chi connectivity index (χ0v) is 12.8. The molecule has 2 aromatic rings. The van der Waals surface area contributed by atoms with Crippen molar-refractivity contribution in [2.24, 2.45) is 0 Å². The van der Waals surface area contributed by atoms with Gasteiger partial charge >= 0.3 is 0 Å². The lowest BCUT2D eigenvalue weighted by molar-refractivity contribution is 0.0940. The van der Waals surface area contributed by atoms with E-state index in [9.17, 15) is 9.90 Å². The molecule has 0 aromatic heterocycles. The normalized spacial score (nSPS) is 11.8. The van der Waals surface area contributed by atoms with E-state index < -0.39 is 6.10 Å². The maximum absolute atomic E-state index is 12.1. The van der Waals surface area contributed by atoms with E-state index in [2.05, 4.69) is 0 Å². The molecule has 4 heteroatoms. The van der Waals surface area contributed by atoms with Gasteiger partial charge in [0.05, 0.1) is 20.3 Å². The highest BCUT2D eigenvalue weighted by Gasteiger charge is 2.12. The van der Waals surface area contributed by atoms with Crippen LogP contribution in [-0.4, -0.2) is 25.1 Å². The van der Waals surface area contributed by atoms with E-state index in [-0.39, 0.29) is 5.78 Å². The summed E-state index contributed by atoms with van der Waals surface area (Å²) in [6.07, 6.45) is 0.0181. The average molecular weight is 300 g/mol. The lowest BCUT2D eigenvalue weighted by Crippen LogP contribution is -2.04. The first kappa shape index (κ1) is 16.0. The lowest BCUT2D eigenvalue weighted by Gasteiger charge is -2.11. The molecule has 116 valence electrons. The molecule has 0 aliphatic carbocycles. The van der Waals surface area contributed by atoms with Crippen LogP contribution in [0, 0.1) is 0 Å². The summed E-state index contributed by atoms with van der Waals surface area (Å²) in [5, 5.41) is 10.1. The molecule has 0 heterocycles. The number of ketones is 1. The third kappa shape index (κ3) is 4.09. The molecule has 2 rings (SSSR count). The van der Waals surface area contributed by atoms with Gasteiger partial charge in [-0.05, 0) is 48.4 Å². The molecule has 0 radical (unpaired) electrons. The van der Waals surface area contributed by atoms with Gasteiger partial charge in [0.25, 0.3) is 0 Å². The average Bonchev–Trinajstić information content (AvgIpc) is 2.59. The second-order valence-electron chi connectivity index (χ2n) is 4.98. The summed E-state index contributed by atoms with van der Waals surface area (Å²) in [6, 6.07) is 14.2. The number of aliphatic hydroxyl groups is 1. The van der Waals surface area contributed by atoms with Crippen molar-refractivity contribution in [1.82, 2.24) is 0 Å². The summed E-state index contributed by atoms with van der Waals surface area (Å²) in [4.78, 5) is 12.1. The van der Waals surface area contributed by atoms with E-state index in [0.29, 0.717) is 18.4 Å². The van der Waals surface area contributed by atoms with Crippen LogP contribution in [0.5, 0.6) is 11.5 Å². The van der Waals surface area contributed by atoms with Gasteiger partial charge < -0.3 is 14.6 Å².